The topological polar surface area (TPSA) is 43.1 Å². The van der Waals surface area contributed by atoms with E-state index >= 15 is 0 Å². The molecule has 0 fully saturated rings. The van der Waals surface area contributed by atoms with Crippen molar-refractivity contribution >= 4 is 16.8 Å². The van der Waals surface area contributed by atoms with Crippen molar-refractivity contribution in [1.29, 1.82) is 0 Å². The predicted molar refractivity (Wildman–Crippen MR) is 63.9 cm³/mol. The third kappa shape index (κ3) is 1.61. The Morgan fingerprint density at radius 1 is 1.06 bits per heavy atom. The number of ketones is 1. The molecule has 0 unspecified atom stereocenters. The molecular weight excluding hydrogens is 214 g/mol. The van der Waals surface area contributed by atoms with Gasteiger partial charge in [0.05, 0.1) is 6.26 Å². The number of fused-ring (bicyclic) bond motifs is 1. The molecule has 0 saturated carbocycles. The van der Waals surface area contributed by atoms with Crippen molar-refractivity contribution in [1.82, 2.24) is 4.98 Å². The molecule has 82 valence electrons. The Hall–Kier alpha value is -2.42. The van der Waals surface area contributed by atoms with Gasteiger partial charge in [0.15, 0.2) is 0 Å². The normalized spacial score (nSPS) is 10.6. The molecule has 2 heterocycles. The van der Waals surface area contributed by atoms with Crippen molar-refractivity contribution in [3.05, 3.63) is 66.2 Å². The molecule has 0 atom stereocenters. The number of pyridine rings is 1. The Kier molecular flexibility index (Phi) is 2.22. The summed E-state index contributed by atoms with van der Waals surface area (Å²) in [5.41, 5.74) is 1.75. The molecule has 0 amide bonds. The maximum absolute atomic E-state index is 12.3. The zero-order chi connectivity index (χ0) is 11.7. The summed E-state index contributed by atoms with van der Waals surface area (Å²) in [7, 11) is 0. The van der Waals surface area contributed by atoms with Crippen LogP contribution >= 0.6 is 0 Å². The zero-order valence-electron chi connectivity index (χ0n) is 8.96. The summed E-state index contributed by atoms with van der Waals surface area (Å²) in [5.74, 6) is -0.0856. The molecule has 3 aromatic rings. The van der Waals surface area contributed by atoms with Gasteiger partial charge in [-0.1, -0.05) is 30.3 Å². The lowest BCUT2D eigenvalue weighted by Gasteiger charge is -2.00. The van der Waals surface area contributed by atoms with Crippen molar-refractivity contribution in [2.24, 2.45) is 0 Å². The third-order valence-electron chi connectivity index (χ3n) is 2.63. The van der Waals surface area contributed by atoms with Crippen molar-refractivity contribution in [3.63, 3.8) is 0 Å². The number of hydrogen-bond donors (Lipinski definition) is 0. The van der Waals surface area contributed by atoms with Gasteiger partial charge in [-0.15, -0.1) is 0 Å². The second-order valence-corrected chi connectivity index (χ2v) is 3.69. The summed E-state index contributed by atoms with van der Waals surface area (Å²) in [5, 5.41) is 0.751. The Balaban J connectivity index is 2.16. The number of hydrogen-bond acceptors (Lipinski definition) is 3. The largest absolute Gasteiger partial charge is 0.464 e. The van der Waals surface area contributed by atoms with Crippen LogP contribution in [0.25, 0.3) is 11.0 Å². The first-order valence-corrected chi connectivity index (χ1v) is 5.28. The highest BCUT2D eigenvalue weighted by Gasteiger charge is 2.14. The maximum atomic E-state index is 12.3. The van der Waals surface area contributed by atoms with Gasteiger partial charge in [0.25, 0.3) is 0 Å². The lowest BCUT2D eigenvalue weighted by molar-refractivity contribution is 0.103. The van der Waals surface area contributed by atoms with Crippen LogP contribution in [0.3, 0.4) is 0 Å². The zero-order valence-corrected chi connectivity index (χ0v) is 8.96. The van der Waals surface area contributed by atoms with E-state index in [9.17, 15) is 4.79 Å². The summed E-state index contributed by atoms with van der Waals surface area (Å²) in [6, 6.07) is 12.6. The Labute approximate surface area is 97.7 Å². The van der Waals surface area contributed by atoms with Gasteiger partial charge in [-0.2, -0.15) is 0 Å². The molecule has 0 N–H and O–H groups in total. The number of carbonyl (C=O) groups is 1. The van der Waals surface area contributed by atoms with Crippen molar-refractivity contribution < 1.29 is 9.21 Å². The van der Waals surface area contributed by atoms with E-state index in [1.54, 1.807) is 36.7 Å². The van der Waals surface area contributed by atoms with Crippen LogP contribution in [0.4, 0.5) is 0 Å². The minimum Gasteiger partial charge on any atom is -0.464 e. The first-order valence-electron chi connectivity index (χ1n) is 5.28. The van der Waals surface area contributed by atoms with Crippen LogP contribution in [0, 0.1) is 0 Å². The fourth-order valence-corrected chi connectivity index (χ4v) is 1.80. The lowest BCUT2D eigenvalue weighted by atomic mass is 10.1. The Morgan fingerprint density at radius 2 is 1.88 bits per heavy atom. The molecule has 17 heavy (non-hydrogen) atoms. The van der Waals surface area contributed by atoms with E-state index in [1.165, 1.54) is 0 Å². The van der Waals surface area contributed by atoms with E-state index in [2.05, 4.69) is 4.98 Å². The van der Waals surface area contributed by atoms with E-state index in [4.69, 9.17) is 4.42 Å². The van der Waals surface area contributed by atoms with Crippen LogP contribution in [0.2, 0.25) is 0 Å². The second-order valence-electron chi connectivity index (χ2n) is 3.69. The molecule has 0 bridgehead atoms. The van der Waals surface area contributed by atoms with E-state index in [0.717, 1.165) is 5.39 Å². The summed E-state index contributed by atoms with van der Waals surface area (Å²) in [6.45, 7) is 0. The number of rotatable bonds is 2. The van der Waals surface area contributed by atoms with Crippen LogP contribution in [0.15, 0.2) is 59.3 Å². The molecule has 0 radical (unpaired) electrons. The van der Waals surface area contributed by atoms with Crippen LogP contribution in [-0.4, -0.2) is 10.8 Å². The minimum atomic E-state index is -0.0856. The summed E-state index contributed by atoms with van der Waals surface area (Å²) in [4.78, 5) is 16.4. The molecule has 3 rings (SSSR count). The monoisotopic (exact) mass is 223 g/mol. The summed E-state index contributed by atoms with van der Waals surface area (Å²) >= 11 is 0. The highest BCUT2D eigenvalue weighted by atomic mass is 16.3. The van der Waals surface area contributed by atoms with Crippen molar-refractivity contribution in [3.8, 4) is 0 Å². The fraction of sp³-hybridized carbons (Fsp3) is 0. The van der Waals surface area contributed by atoms with Crippen molar-refractivity contribution in [2.45, 2.75) is 0 Å². The van der Waals surface area contributed by atoms with Crippen molar-refractivity contribution in [2.75, 3.05) is 0 Å². The predicted octanol–water partition coefficient (Wildman–Crippen LogP) is 3.06. The first kappa shape index (κ1) is 9.78. The third-order valence-corrected chi connectivity index (χ3v) is 2.63. The van der Waals surface area contributed by atoms with Crippen LogP contribution < -0.4 is 0 Å². The lowest BCUT2D eigenvalue weighted by Crippen LogP contribution is -2.03. The van der Waals surface area contributed by atoms with Crippen LogP contribution in [0.5, 0.6) is 0 Å². The molecule has 0 aliphatic carbocycles. The number of furan rings is 1. The molecule has 0 spiro atoms. The molecule has 1 aromatic carbocycles. The fourth-order valence-electron chi connectivity index (χ4n) is 1.80. The molecule has 0 saturated heterocycles. The van der Waals surface area contributed by atoms with Gasteiger partial charge in [0.2, 0.25) is 5.78 Å². The molecule has 2 aromatic heterocycles. The smallest absolute Gasteiger partial charge is 0.212 e. The maximum Gasteiger partial charge on any atom is 0.212 e. The average Bonchev–Trinajstić information content (AvgIpc) is 2.87. The SMILES string of the molecule is O=C(c1ccccc1)c1nccc2occc12. The highest BCUT2D eigenvalue weighted by Crippen LogP contribution is 2.20. The second kappa shape index (κ2) is 3.87. The summed E-state index contributed by atoms with van der Waals surface area (Å²) < 4.78 is 5.25. The summed E-state index contributed by atoms with van der Waals surface area (Å²) in [6.07, 6.45) is 3.15. The van der Waals surface area contributed by atoms with Gasteiger partial charge >= 0.3 is 0 Å². The van der Waals surface area contributed by atoms with E-state index < -0.39 is 0 Å². The Bertz CT molecular complexity index is 671. The van der Waals surface area contributed by atoms with Gasteiger partial charge in [-0.25, -0.2) is 0 Å². The van der Waals surface area contributed by atoms with Gasteiger partial charge in [-0.05, 0) is 12.1 Å². The number of aromatic nitrogens is 1. The molecule has 0 aliphatic rings. The van der Waals surface area contributed by atoms with E-state index in [-0.39, 0.29) is 5.78 Å². The molecule has 0 aliphatic heterocycles. The van der Waals surface area contributed by atoms with Gasteiger partial charge < -0.3 is 4.42 Å². The highest BCUT2D eigenvalue weighted by molar-refractivity contribution is 6.14. The van der Waals surface area contributed by atoms with Crippen LogP contribution in [-0.2, 0) is 0 Å². The molecule has 3 nitrogen and oxygen atoms in total. The Morgan fingerprint density at radius 3 is 2.71 bits per heavy atom. The van der Waals surface area contributed by atoms with Gasteiger partial charge in [0, 0.05) is 17.1 Å². The quantitative estimate of drug-likeness (QED) is 0.627. The van der Waals surface area contributed by atoms with E-state index in [0.29, 0.717) is 16.8 Å². The first-order chi connectivity index (χ1) is 8.36. The van der Waals surface area contributed by atoms with Gasteiger partial charge in [0.1, 0.15) is 11.3 Å². The number of nitrogens with zero attached hydrogens (tertiary/aromatic N) is 1. The molecule has 3 heteroatoms. The average molecular weight is 223 g/mol. The number of benzene rings is 1. The molecular formula is C14H9NO2. The minimum absolute atomic E-state index is 0.0856. The van der Waals surface area contributed by atoms with E-state index in [1.807, 2.05) is 18.2 Å². The van der Waals surface area contributed by atoms with Crippen LogP contribution in [0.1, 0.15) is 16.1 Å². The van der Waals surface area contributed by atoms with Gasteiger partial charge in [-0.3, -0.25) is 9.78 Å². The standard InChI is InChI=1S/C14H9NO2/c16-14(10-4-2-1-3-5-10)13-11-7-9-17-12(11)6-8-15-13/h1-9H. The number of carbonyl (C=O) groups excluding carboxylic acids is 1.